The number of benzene rings is 9. The molecule has 5 heteroatoms. The Morgan fingerprint density at radius 3 is 1.61 bits per heavy atom. The molecule has 13 rings (SSSR count). The molecule has 2 aromatic heterocycles. The molecule has 296 valence electrons. The molecule has 0 radical (unpaired) electrons. The van der Waals surface area contributed by atoms with Gasteiger partial charge in [0.25, 0.3) is 0 Å². The van der Waals surface area contributed by atoms with Crippen molar-refractivity contribution in [3.8, 4) is 78.7 Å². The molecule has 2 aliphatic carbocycles. The standard InChI is InChI=1S/C59H34N4S/c1-60-42-30-32-53-48(35-42)46-31-29-41(34-54(46)64-53)58-62-56(38-13-3-2-4-14-38)61-57(63-58)40-16-11-15-39(33-40)36-25-27-37(28-26-36)43-20-12-24-52-55(43)47-19-7-10-23-51(47)59(52)49-21-8-5-17-44(49)45-18-6-9-22-50(45)59/h2-35H. The van der Waals surface area contributed by atoms with Crippen LogP contribution in [-0.2, 0) is 5.41 Å². The number of hydrogen-bond donors (Lipinski definition) is 0. The molecule has 0 aliphatic heterocycles. The fourth-order valence-electron chi connectivity index (χ4n) is 10.4. The highest BCUT2D eigenvalue weighted by Gasteiger charge is 2.51. The first-order valence-electron chi connectivity index (χ1n) is 21.5. The van der Waals surface area contributed by atoms with E-state index in [0.29, 0.717) is 23.2 Å². The maximum absolute atomic E-state index is 7.52. The van der Waals surface area contributed by atoms with E-state index in [2.05, 4.69) is 163 Å². The monoisotopic (exact) mass is 830 g/mol. The van der Waals surface area contributed by atoms with Crippen LogP contribution in [0, 0.1) is 6.57 Å². The lowest BCUT2D eigenvalue weighted by molar-refractivity contribution is 0.794. The summed E-state index contributed by atoms with van der Waals surface area (Å²) in [5.74, 6) is 1.85. The first kappa shape index (κ1) is 36.4. The van der Waals surface area contributed by atoms with Gasteiger partial charge in [-0.3, -0.25) is 0 Å². The van der Waals surface area contributed by atoms with Gasteiger partial charge in [0.2, 0.25) is 0 Å². The second kappa shape index (κ2) is 14.1. The maximum atomic E-state index is 7.52. The molecule has 9 aromatic carbocycles. The molecule has 0 bridgehead atoms. The third kappa shape index (κ3) is 5.37. The number of rotatable bonds is 5. The summed E-state index contributed by atoms with van der Waals surface area (Å²) in [7, 11) is 0. The lowest BCUT2D eigenvalue weighted by atomic mass is 9.70. The van der Waals surface area contributed by atoms with Gasteiger partial charge in [0.1, 0.15) is 0 Å². The molecule has 0 atom stereocenters. The van der Waals surface area contributed by atoms with Gasteiger partial charge in [-0.2, -0.15) is 0 Å². The molecule has 2 heterocycles. The summed E-state index contributed by atoms with van der Waals surface area (Å²) in [5, 5.41) is 2.22. The van der Waals surface area contributed by atoms with E-state index in [1.807, 2.05) is 48.5 Å². The zero-order valence-corrected chi connectivity index (χ0v) is 35.1. The molecule has 11 aromatic rings. The Morgan fingerprint density at radius 2 is 0.891 bits per heavy atom. The minimum absolute atomic E-state index is 0.375. The summed E-state index contributed by atoms with van der Waals surface area (Å²) < 4.78 is 2.28. The van der Waals surface area contributed by atoms with Gasteiger partial charge in [-0.05, 0) is 95.7 Å². The average Bonchev–Trinajstić information content (AvgIpc) is 4.00. The summed E-state index contributed by atoms with van der Waals surface area (Å²) >= 11 is 1.72. The Balaban J connectivity index is 0.891. The van der Waals surface area contributed by atoms with Gasteiger partial charge in [-0.1, -0.05) is 188 Å². The highest BCUT2D eigenvalue weighted by molar-refractivity contribution is 7.25. The molecule has 0 fully saturated rings. The van der Waals surface area contributed by atoms with Gasteiger partial charge in [0.05, 0.1) is 12.0 Å². The van der Waals surface area contributed by atoms with Crippen LogP contribution in [0.15, 0.2) is 206 Å². The first-order valence-corrected chi connectivity index (χ1v) is 22.3. The van der Waals surface area contributed by atoms with Crippen molar-refractivity contribution in [2.24, 2.45) is 0 Å². The highest BCUT2D eigenvalue weighted by atomic mass is 32.1. The lowest BCUT2D eigenvalue weighted by Gasteiger charge is -2.30. The largest absolute Gasteiger partial charge is 0.238 e. The van der Waals surface area contributed by atoms with Gasteiger partial charge in [0, 0.05) is 26.1 Å². The number of hydrogen-bond acceptors (Lipinski definition) is 4. The van der Waals surface area contributed by atoms with Crippen molar-refractivity contribution < 1.29 is 0 Å². The van der Waals surface area contributed by atoms with E-state index in [1.165, 1.54) is 55.6 Å². The summed E-state index contributed by atoms with van der Waals surface area (Å²) in [5.41, 5.74) is 18.2. The number of thiophene rings is 1. The van der Waals surface area contributed by atoms with Crippen LogP contribution in [0.1, 0.15) is 22.3 Å². The van der Waals surface area contributed by atoms with Gasteiger partial charge in [0.15, 0.2) is 23.2 Å². The smallest absolute Gasteiger partial charge is 0.187 e. The molecule has 0 saturated carbocycles. The van der Waals surface area contributed by atoms with E-state index in [4.69, 9.17) is 21.5 Å². The molecule has 2 aliphatic rings. The Hall–Kier alpha value is -8.30. The third-order valence-electron chi connectivity index (χ3n) is 13.2. The molecular formula is C59H34N4S. The number of fused-ring (bicyclic) bond motifs is 13. The first-order chi connectivity index (χ1) is 31.7. The Bertz CT molecular complexity index is 3700. The maximum Gasteiger partial charge on any atom is 0.187 e. The molecule has 4 nitrogen and oxygen atoms in total. The third-order valence-corrected chi connectivity index (χ3v) is 14.3. The summed E-state index contributed by atoms with van der Waals surface area (Å²) in [4.78, 5) is 18.9. The minimum atomic E-state index is -0.375. The molecule has 0 N–H and O–H groups in total. The normalized spacial score (nSPS) is 12.8. The number of aromatic nitrogens is 3. The lowest BCUT2D eigenvalue weighted by Crippen LogP contribution is -2.25. The minimum Gasteiger partial charge on any atom is -0.238 e. The van der Waals surface area contributed by atoms with Crippen molar-refractivity contribution in [3.63, 3.8) is 0 Å². The summed E-state index contributed by atoms with van der Waals surface area (Å²) in [6.07, 6.45) is 0. The fraction of sp³-hybridized carbons (Fsp3) is 0.0169. The summed E-state index contributed by atoms with van der Waals surface area (Å²) in [6.45, 7) is 7.52. The quantitative estimate of drug-likeness (QED) is 0.162. The highest BCUT2D eigenvalue weighted by Crippen LogP contribution is 2.64. The van der Waals surface area contributed by atoms with Gasteiger partial charge < -0.3 is 0 Å². The van der Waals surface area contributed by atoms with E-state index in [1.54, 1.807) is 11.3 Å². The van der Waals surface area contributed by atoms with E-state index >= 15 is 0 Å². The molecule has 1 spiro atoms. The van der Waals surface area contributed by atoms with E-state index in [0.717, 1.165) is 48.0 Å². The molecule has 64 heavy (non-hydrogen) atoms. The molecule has 0 amide bonds. The van der Waals surface area contributed by atoms with Crippen LogP contribution < -0.4 is 0 Å². The van der Waals surface area contributed by atoms with Crippen LogP contribution in [0.2, 0.25) is 0 Å². The van der Waals surface area contributed by atoms with Crippen LogP contribution >= 0.6 is 11.3 Å². The predicted molar refractivity (Wildman–Crippen MR) is 262 cm³/mol. The van der Waals surface area contributed by atoms with E-state index in [9.17, 15) is 0 Å². The van der Waals surface area contributed by atoms with Crippen molar-refractivity contribution in [1.29, 1.82) is 0 Å². The van der Waals surface area contributed by atoms with Crippen molar-refractivity contribution >= 4 is 37.2 Å². The Morgan fingerprint density at radius 1 is 0.359 bits per heavy atom. The van der Waals surface area contributed by atoms with Crippen LogP contribution in [0.25, 0.3) is 104 Å². The molecular weight excluding hydrogens is 797 g/mol. The second-order valence-corrected chi connectivity index (χ2v) is 17.6. The molecule has 0 unspecified atom stereocenters. The van der Waals surface area contributed by atoms with Crippen LogP contribution in [0.5, 0.6) is 0 Å². The predicted octanol–water partition coefficient (Wildman–Crippen LogP) is 15.5. The van der Waals surface area contributed by atoms with Crippen LogP contribution in [-0.4, -0.2) is 15.0 Å². The fourth-order valence-corrected chi connectivity index (χ4v) is 11.5. The second-order valence-electron chi connectivity index (χ2n) is 16.6. The zero-order valence-electron chi connectivity index (χ0n) is 34.3. The van der Waals surface area contributed by atoms with Crippen molar-refractivity contribution in [3.05, 3.63) is 240 Å². The van der Waals surface area contributed by atoms with Crippen LogP contribution in [0.4, 0.5) is 5.69 Å². The van der Waals surface area contributed by atoms with Crippen molar-refractivity contribution in [1.82, 2.24) is 15.0 Å². The van der Waals surface area contributed by atoms with Gasteiger partial charge in [-0.15, -0.1) is 11.3 Å². The van der Waals surface area contributed by atoms with Gasteiger partial charge >= 0.3 is 0 Å². The van der Waals surface area contributed by atoms with E-state index in [-0.39, 0.29) is 5.41 Å². The molecule has 0 saturated heterocycles. The SMILES string of the molecule is [C-]#[N+]c1ccc2sc3cc(-c4nc(-c5ccccc5)nc(-c5cccc(-c6ccc(-c7cccc8c7-c7ccccc7C87c8ccccc8-c8ccccc87)cc6)c5)n4)ccc3c2c1. The van der Waals surface area contributed by atoms with Crippen molar-refractivity contribution in [2.75, 3.05) is 0 Å². The van der Waals surface area contributed by atoms with E-state index < -0.39 is 0 Å². The van der Waals surface area contributed by atoms with Gasteiger partial charge in [-0.25, -0.2) is 19.8 Å². The topological polar surface area (TPSA) is 43.0 Å². The average molecular weight is 831 g/mol. The van der Waals surface area contributed by atoms with Crippen molar-refractivity contribution in [2.45, 2.75) is 5.41 Å². The Labute approximate surface area is 374 Å². The zero-order chi connectivity index (χ0) is 42.4. The van der Waals surface area contributed by atoms with Crippen LogP contribution in [0.3, 0.4) is 0 Å². The summed E-state index contributed by atoms with van der Waals surface area (Å²) in [6, 6.07) is 73.7. The Kier molecular flexibility index (Phi) is 8.02. The number of nitrogens with zero attached hydrogens (tertiary/aromatic N) is 4.